The van der Waals surface area contributed by atoms with Crippen molar-refractivity contribution >= 4 is 11.9 Å². The lowest BCUT2D eigenvalue weighted by atomic mass is 10.00. The van der Waals surface area contributed by atoms with Crippen molar-refractivity contribution in [2.75, 3.05) is 0 Å². The molecule has 1 amide bonds. The Kier molecular flexibility index (Phi) is 4.12. The van der Waals surface area contributed by atoms with E-state index < -0.39 is 12.0 Å². The minimum Gasteiger partial charge on any atom is -0.480 e. The van der Waals surface area contributed by atoms with Crippen molar-refractivity contribution in [3.63, 3.8) is 0 Å². The molecule has 1 aromatic carbocycles. The Bertz CT molecular complexity index is 507. The van der Waals surface area contributed by atoms with Gasteiger partial charge in [0.25, 0.3) is 0 Å². The van der Waals surface area contributed by atoms with Crippen molar-refractivity contribution < 1.29 is 14.7 Å². The number of carboxylic acid groups (broad SMARTS) is 1. The highest BCUT2D eigenvalue weighted by Crippen LogP contribution is 2.47. The van der Waals surface area contributed by atoms with Crippen LogP contribution in [-0.4, -0.2) is 23.0 Å². The number of hydrogen-bond acceptors (Lipinski definition) is 2. The highest BCUT2D eigenvalue weighted by atomic mass is 16.4. The van der Waals surface area contributed by atoms with Gasteiger partial charge in [-0.15, -0.1) is 0 Å². The molecule has 0 spiro atoms. The van der Waals surface area contributed by atoms with Crippen molar-refractivity contribution in [3.8, 4) is 0 Å². The molecular weight excluding hydrogens is 254 g/mol. The maximum absolute atomic E-state index is 11.9. The first-order chi connectivity index (χ1) is 9.40. The fourth-order valence-electron chi connectivity index (χ4n) is 2.36. The summed E-state index contributed by atoms with van der Waals surface area (Å²) in [6.07, 6.45) is 0.805. The molecule has 20 heavy (non-hydrogen) atoms. The van der Waals surface area contributed by atoms with Crippen molar-refractivity contribution in [1.29, 1.82) is 0 Å². The third kappa shape index (κ3) is 3.18. The van der Waals surface area contributed by atoms with Crippen molar-refractivity contribution in [1.82, 2.24) is 5.32 Å². The summed E-state index contributed by atoms with van der Waals surface area (Å²) in [5.74, 6) is -0.507. The lowest BCUT2D eigenvalue weighted by molar-refractivity contribution is -0.141. The molecule has 1 fully saturated rings. The van der Waals surface area contributed by atoms with E-state index in [-0.39, 0.29) is 17.7 Å². The van der Waals surface area contributed by atoms with Crippen LogP contribution in [0.5, 0.6) is 0 Å². The van der Waals surface area contributed by atoms with Gasteiger partial charge in [-0.2, -0.15) is 0 Å². The number of nitrogens with one attached hydrogen (secondary N) is 1. The molecule has 0 radical (unpaired) electrons. The van der Waals surface area contributed by atoms with Gasteiger partial charge in [0, 0.05) is 5.92 Å². The summed E-state index contributed by atoms with van der Waals surface area (Å²) in [5, 5.41) is 11.3. The van der Waals surface area contributed by atoms with Gasteiger partial charge in [0.1, 0.15) is 6.04 Å². The quantitative estimate of drug-likeness (QED) is 0.867. The Morgan fingerprint density at radius 3 is 2.30 bits per heavy atom. The second kappa shape index (κ2) is 5.65. The predicted octanol–water partition coefficient (Wildman–Crippen LogP) is 2.50. The predicted molar refractivity (Wildman–Crippen MR) is 76.6 cm³/mol. The van der Waals surface area contributed by atoms with Crippen molar-refractivity contribution in [2.45, 2.75) is 45.1 Å². The molecule has 0 bridgehead atoms. The minimum atomic E-state index is -1.00. The van der Waals surface area contributed by atoms with Crippen LogP contribution in [0.25, 0.3) is 0 Å². The van der Waals surface area contributed by atoms with Crippen LogP contribution in [0.3, 0.4) is 0 Å². The molecule has 2 unspecified atom stereocenters. The zero-order valence-electron chi connectivity index (χ0n) is 12.1. The molecule has 2 N–H and O–H groups in total. The summed E-state index contributed by atoms with van der Waals surface area (Å²) < 4.78 is 0. The molecule has 1 aliphatic rings. The molecule has 0 aliphatic heterocycles. The topological polar surface area (TPSA) is 66.4 Å². The van der Waals surface area contributed by atoms with E-state index in [1.807, 2.05) is 0 Å². The average Bonchev–Trinajstić information content (AvgIpc) is 3.18. The molecule has 0 heterocycles. The molecule has 0 saturated heterocycles. The first-order valence-corrected chi connectivity index (χ1v) is 7.03. The second-order valence-corrected chi connectivity index (χ2v) is 5.84. The molecule has 108 valence electrons. The molecule has 1 aromatic rings. The Labute approximate surface area is 119 Å². The first-order valence-electron chi connectivity index (χ1n) is 7.03. The fraction of sp³-hybridized carbons (Fsp3) is 0.500. The van der Waals surface area contributed by atoms with E-state index in [2.05, 4.69) is 43.4 Å². The number of carbonyl (C=O) groups is 2. The summed E-state index contributed by atoms with van der Waals surface area (Å²) in [5.41, 5.74) is 2.45. The molecule has 4 heteroatoms. The van der Waals surface area contributed by atoms with Gasteiger partial charge in [-0.3, -0.25) is 9.59 Å². The van der Waals surface area contributed by atoms with Gasteiger partial charge in [0.15, 0.2) is 0 Å². The molecule has 1 aliphatic carbocycles. The molecule has 2 rings (SSSR count). The smallest absolute Gasteiger partial charge is 0.325 e. The van der Waals surface area contributed by atoms with Gasteiger partial charge >= 0.3 is 5.97 Å². The lowest BCUT2D eigenvalue weighted by Gasteiger charge is -2.09. The van der Waals surface area contributed by atoms with Crippen LogP contribution in [0.1, 0.15) is 50.2 Å². The Morgan fingerprint density at radius 2 is 1.80 bits per heavy atom. The van der Waals surface area contributed by atoms with Crippen LogP contribution in [0.2, 0.25) is 0 Å². The Hall–Kier alpha value is -1.84. The monoisotopic (exact) mass is 275 g/mol. The fourth-order valence-corrected chi connectivity index (χ4v) is 2.36. The number of carboxylic acids is 1. The van der Waals surface area contributed by atoms with Crippen LogP contribution in [0, 0.1) is 5.92 Å². The van der Waals surface area contributed by atoms with Crippen LogP contribution >= 0.6 is 0 Å². The van der Waals surface area contributed by atoms with E-state index in [1.54, 1.807) is 0 Å². The van der Waals surface area contributed by atoms with Gasteiger partial charge in [-0.25, -0.2) is 0 Å². The largest absolute Gasteiger partial charge is 0.480 e. The summed E-state index contributed by atoms with van der Waals surface area (Å²) in [6, 6.07) is 7.54. The number of aliphatic carboxylic acids is 1. The molecular formula is C16H21NO3. The van der Waals surface area contributed by atoms with E-state index in [9.17, 15) is 9.59 Å². The van der Waals surface area contributed by atoms with E-state index in [4.69, 9.17) is 5.11 Å². The summed E-state index contributed by atoms with van der Waals surface area (Å²) in [7, 11) is 0. The van der Waals surface area contributed by atoms with Gasteiger partial charge in [-0.1, -0.05) is 38.1 Å². The SMILES string of the molecule is CC(C)c1ccc(C2CC2C(=O)N[C@H](C)C(=O)O)cc1. The Morgan fingerprint density at radius 1 is 1.20 bits per heavy atom. The third-order valence-corrected chi connectivity index (χ3v) is 3.89. The zero-order chi connectivity index (χ0) is 14.9. The summed E-state index contributed by atoms with van der Waals surface area (Å²) >= 11 is 0. The normalized spacial score (nSPS) is 22.4. The van der Waals surface area contributed by atoms with E-state index in [0.29, 0.717) is 5.92 Å². The van der Waals surface area contributed by atoms with Crippen LogP contribution in [0.4, 0.5) is 0 Å². The standard InChI is InChI=1S/C16H21NO3/c1-9(2)11-4-6-12(7-5-11)13-8-14(13)15(18)17-10(3)16(19)20/h4-7,9-10,13-14H,8H2,1-3H3,(H,17,18)(H,19,20)/t10-,13?,14?/m1/s1. The van der Waals surface area contributed by atoms with Gasteiger partial charge in [0.05, 0.1) is 0 Å². The van der Waals surface area contributed by atoms with E-state index >= 15 is 0 Å². The van der Waals surface area contributed by atoms with Gasteiger partial charge in [0.2, 0.25) is 5.91 Å². The van der Waals surface area contributed by atoms with Gasteiger partial charge in [-0.05, 0) is 36.3 Å². The molecule has 0 aromatic heterocycles. The number of rotatable bonds is 5. The molecule has 4 nitrogen and oxygen atoms in total. The second-order valence-electron chi connectivity index (χ2n) is 5.84. The number of carbonyl (C=O) groups excluding carboxylic acids is 1. The maximum Gasteiger partial charge on any atom is 0.325 e. The maximum atomic E-state index is 11.9. The Balaban J connectivity index is 1.94. The summed E-state index contributed by atoms with van der Waals surface area (Å²) in [4.78, 5) is 22.6. The number of hydrogen-bond donors (Lipinski definition) is 2. The highest BCUT2D eigenvalue weighted by Gasteiger charge is 2.44. The molecule has 1 saturated carbocycles. The van der Waals surface area contributed by atoms with Crippen LogP contribution in [0.15, 0.2) is 24.3 Å². The van der Waals surface area contributed by atoms with Crippen molar-refractivity contribution in [3.05, 3.63) is 35.4 Å². The van der Waals surface area contributed by atoms with Gasteiger partial charge < -0.3 is 10.4 Å². The molecule has 3 atom stereocenters. The first kappa shape index (κ1) is 14.6. The van der Waals surface area contributed by atoms with Crippen molar-refractivity contribution in [2.24, 2.45) is 5.92 Å². The lowest BCUT2D eigenvalue weighted by Crippen LogP contribution is -2.39. The minimum absolute atomic E-state index is 0.0818. The highest BCUT2D eigenvalue weighted by molar-refractivity contribution is 5.87. The number of amides is 1. The van der Waals surface area contributed by atoms with E-state index in [1.165, 1.54) is 12.5 Å². The zero-order valence-corrected chi connectivity index (χ0v) is 12.1. The summed E-state index contributed by atoms with van der Waals surface area (Å²) in [6.45, 7) is 5.78. The average molecular weight is 275 g/mol. The van der Waals surface area contributed by atoms with Crippen LogP contribution < -0.4 is 5.32 Å². The van der Waals surface area contributed by atoms with E-state index in [0.717, 1.165) is 12.0 Å². The third-order valence-electron chi connectivity index (χ3n) is 3.89. The van der Waals surface area contributed by atoms with Crippen LogP contribution in [-0.2, 0) is 9.59 Å². The number of benzene rings is 1.